The maximum absolute atomic E-state index is 5.64. The lowest BCUT2D eigenvalue weighted by atomic mass is 10.3. The van der Waals surface area contributed by atoms with Crippen molar-refractivity contribution in [2.75, 3.05) is 43.5 Å². The fourth-order valence-corrected chi connectivity index (χ4v) is 2.01. The van der Waals surface area contributed by atoms with E-state index in [1.165, 1.54) is 0 Å². The summed E-state index contributed by atoms with van der Waals surface area (Å²) in [4.78, 5) is 10.6. The SMILES string of the molecule is C=C(CN1CCOc2ccc(NCC)nc21)NC=NC. The molecule has 0 aliphatic carbocycles. The lowest BCUT2D eigenvalue weighted by molar-refractivity contribution is 0.306. The minimum absolute atomic E-state index is 0.657. The van der Waals surface area contributed by atoms with Crippen molar-refractivity contribution in [2.45, 2.75) is 6.92 Å². The molecule has 20 heavy (non-hydrogen) atoms. The first-order valence-corrected chi connectivity index (χ1v) is 6.72. The molecule has 0 radical (unpaired) electrons. The van der Waals surface area contributed by atoms with Crippen LogP contribution in [0.25, 0.3) is 0 Å². The Kier molecular flexibility index (Phi) is 4.81. The summed E-state index contributed by atoms with van der Waals surface area (Å²) in [5.41, 5.74) is 0.874. The third-order valence-corrected chi connectivity index (χ3v) is 2.90. The number of fused-ring (bicyclic) bond motifs is 1. The number of hydrogen-bond acceptors (Lipinski definition) is 5. The number of hydrogen-bond donors (Lipinski definition) is 2. The molecule has 0 atom stereocenters. The number of anilines is 2. The quantitative estimate of drug-likeness (QED) is 0.608. The van der Waals surface area contributed by atoms with Crippen LogP contribution >= 0.6 is 0 Å². The minimum Gasteiger partial charge on any atom is -0.488 e. The number of ether oxygens (including phenoxy) is 1. The Morgan fingerprint density at radius 1 is 1.60 bits per heavy atom. The zero-order valence-electron chi connectivity index (χ0n) is 12.0. The molecule has 0 bridgehead atoms. The van der Waals surface area contributed by atoms with E-state index in [-0.39, 0.29) is 0 Å². The van der Waals surface area contributed by atoms with E-state index >= 15 is 0 Å². The number of aliphatic imine (C=N–C) groups is 1. The first kappa shape index (κ1) is 14.2. The summed E-state index contributed by atoms with van der Waals surface area (Å²) in [5.74, 6) is 2.52. The highest BCUT2D eigenvalue weighted by molar-refractivity contribution is 5.61. The second kappa shape index (κ2) is 6.79. The molecule has 1 aromatic heterocycles. The molecule has 1 aromatic rings. The van der Waals surface area contributed by atoms with Crippen LogP contribution < -0.4 is 20.3 Å². The van der Waals surface area contributed by atoms with Gasteiger partial charge in [-0.2, -0.15) is 0 Å². The molecule has 0 spiro atoms. The van der Waals surface area contributed by atoms with Gasteiger partial charge >= 0.3 is 0 Å². The van der Waals surface area contributed by atoms with Crippen molar-refractivity contribution in [3.8, 4) is 5.75 Å². The van der Waals surface area contributed by atoms with E-state index in [2.05, 4.69) is 32.1 Å². The second-order valence-electron chi connectivity index (χ2n) is 4.45. The monoisotopic (exact) mass is 275 g/mol. The van der Waals surface area contributed by atoms with Crippen LogP contribution in [0.3, 0.4) is 0 Å². The zero-order valence-corrected chi connectivity index (χ0v) is 12.0. The van der Waals surface area contributed by atoms with Crippen molar-refractivity contribution in [1.29, 1.82) is 0 Å². The van der Waals surface area contributed by atoms with Gasteiger partial charge in [0.2, 0.25) is 0 Å². The highest BCUT2D eigenvalue weighted by atomic mass is 16.5. The first-order valence-electron chi connectivity index (χ1n) is 6.72. The van der Waals surface area contributed by atoms with Gasteiger partial charge in [0.25, 0.3) is 0 Å². The molecule has 1 aliphatic heterocycles. The molecule has 2 heterocycles. The molecule has 0 unspecified atom stereocenters. The minimum atomic E-state index is 0.657. The van der Waals surface area contributed by atoms with Crippen molar-refractivity contribution in [3.63, 3.8) is 0 Å². The predicted octanol–water partition coefficient (Wildman–Crippen LogP) is 1.47. The fraction of sp³-hybridized carbons (Fsp3) is 0.429. The Hall–Kier alpha value is -2.24. The Labute approximate surface area is 119 Å². The Morgan fingerprint density at radius 2 is 2.45 bits per heavy atom. The summed E-state index contributed by atoms with van der Waals surface area (Å²) in [7, 11) is 1.72. The van der Waals surface area contributed by atoms with Crippen molar-refractivity contribution < 1.29 is 4.74 Å². The highest BCUT2D eigenvalue weighted by Crippen LogP contribution is 2.30. The van der Waals surface area contributed by atoms with E-state index in [1.54, 1.807) is 13.4 Å². The number of pyridine rings is 1. The van der Waals surface area contributed by atoms with Gasteiger partial charge in [-0.05, 0) is 19.1 Å². The van der Waals surface area contributed by atoms with E-state index in [9.17, 15) is 0 Å². The van der Waals surface area contributed by atoms with E-state index in [0.29, 0.717) is 13.2 Å². The molecule has 2 N–H and O–H groups in total. The Morgan fingerprint density at radius 3 is 3.20 bits per heavy atom. The average Bonchev–Trinajstić information content (AvgIpc) is 2.46. The summed E-state index contributed by atoms with van der Waals surface area (Å²) >= 11 is 0. The predicted molar refractivity (Wildman–Crippen MR) is 82.8 cm³/mol. The maximum Gasteiger partial charge on any atom is 0.174 e. The van der Waals surface area contributed by atoms with Gasteiger partial charge in [-0.1, -0.05) is 6.58 Å². The van der Waals surface area contributed by atoms with Gasteiger partial charge < -0.3 is 20.3 Å². The molecular weight excluding hydrogens is 254 g/mol. The van der Waals surface area contributed by atoms with Crippen molar-refractivity contribution in [2.24, 2.45) is 4.99 Å². The van der Waals surface area contributed by atoms with E-state index in [1.807, 2.05) is 19.1 Å². The summed E-state index contributed by atoms with van der Waals surface area (Å²) in [5, 5.41) is 6.25. The third kappa shape index (κ3) is 3.40. The van der Waals surface area contributed by atoms with Gasteiger partial charge in [0.1, 0.15) is 12.4 Å². The lowest BCUT2D eigenvalue weighted by Gasteiger charge is -2.30. The second-order valence-corrected chi connectivity index (χ2v) is 4.45. The Bertz CT molecular complexity index is 500. The van der Waals surface area contributed by atoms with Crippen molar-refractivity contribution >= 4 is 18.0 Å². The van der Waals surface area contributed by atoms with Gasteiger partial charge in [0.05, 0.1) is 19.4 Å². The molecule has 108 valence electrons. The van der Waals surface area contributed by atoms with Crippen LogP contribution in [0.15, 0.2) is 29.4 Å². The van der Waals surface area contributed by atoms with Crippen LogP contribution in [-0.2, 0) is 0 Å². The van der Waals surface area contributed by atoms with Crippen LogP contribution in [-0.4, -0.2) is 44.6 Å². The van der Waals surface area contributed by atoms with Crippen molar-refractivity contribution in [3.05, 3.63) is 24.4 Å². The van der Waals surface area contributed by atoms with Crippen LogP contribution in [0.4, 0.5) is 11.6 Å². The lowest BCUT2D eigenvalue weighted by Crippen LogP contribution is -2.37. The molecule has 0 fully saturated rings. The first-order chi connectivity index (χ1) is 9.74. The van der Waals surface area contributed by atoms with Crippen LogP contribution in [0, 0.1) is 0 Å². The van der Waals surface area contributed by atoms with Gasteiger partial charge in [-0.25, -0.2) is 4.98 Å². The van der Waals surface area contributed by atoms with E-state index in [0.717, 1.165) is 36.2 Å². The standard InChI is InChI=1S/C14H21N5O/c1-4-16-13-6-5-12-14(18-13)19(7-8-20-12)9-11(2)17-10-15-3/h5-6,10H,2,4,7-9H2,1,3H3,(H,15,17)(H,16,18). The normalized spacial score (nSPS) is 13.8. The molecule has 6 heteroatoms. The van der Waals surface area contributed by atoms with Crippen LogP contribution in [0.2, 0.25) is 0 Å². The average molecular weight is 275 g/mol. The number of nitrogens with zero attached hydrogens (tertiary/aromatic N) is 3. The van der Waals surface area contributed by atoms with E-state index < -0.39 is 0 Å². The topological polar surface area (TPSA) is 61.8 Å². The van der Waals surface area contributed by atoms with Gasteiger partial charge in [0.15, 0.2) is 11.6 Å². The summed E-state index contributed by atoms with van der Waals surface area (Å²) < 4.78 is 5.64. The summed E-state index contributed by atoms with van der Waals surface area (Å²) in [6, 6.07) is 3.89. The van der Waals surface area contributed by atoms with Crippen molar-refractivity contribution in [1.82, 2.24) is 10.3 Å². The van der Waals surface area contributed by atoms with E-state index in [4.69, 9.17) is 4.74 Å². The smallest absolute Gasteiger partial charge is 0.174 e. The largest absolute Gasteiger partial charge is 0.488 e. The number of rotatable bonds is 6. The zero-order chi connectivity index (χ0) is 14.4. The summed E-state index contributed by atoms with van der Waals surface area (Å²) in [6.45, 7) is 9.00. The molecule has 2 rings (SSSR count). The molecule has 0 amide bonds. The molecule has 0 aromatic carbocycles. The van der Waals surface area contributed by atoms with Crippen LogP contribution in [0.1, 0.15) is 6.92 Å². The van der Waals surface area contributed by atoms with Gasteiger partial charge in [0, 0.05) is 19.3 Å². The highest BCUT2D eigenvalue weighted by Gasteiger charge is 2.20. The molecule has 0 saturated heterocycles. The third-order valence-electron chi connectivity index (χ3n) is 2.90. The van der Waals surface area contributed by atoms with Gasteiger partial charge in [-0.3, -0.25) is 4.99 Å². The van der Waals surface area contributed by atoms with Gasteiger partial charge in [-0.15, -0.1) is 0 Å². The molecular formula is C14H21N5O. The number of aromatic nitrogens is 1. The fourth-order valence-electron chi connectivity index (χ4n) is 2.01. The maximum atomic E-state index is 5.64. The summed E-state index contributed by atoms with van der Waals surface area (Å²) in [6.07, 6.45) is 1.63. The molecule has 0 saturated carbocycles. The molecule has 1 aliphatic rings. The Balaban J connectivity index is 2.13. The molecule has 6 nitrogen and oxygen atoms in total. The number of nitrogens with one attached hydrogen (secondary N) is 2. The van der Waals surface area contributed by atoms with Crippen LogP contribution in [0.5, 0.6) is 5.75 Å².